The van der Waals surface area contributed by atoms with Gasteiger partial charge in [-0.05, 0) is 19.1 Å². The summed E-state index contributed by atoms with van der Waals surface area (Å²) in [6.07, 6.45) is 0. The lowest BCUT2D eigenvalue weighted by atomic mass is 10.3. The number of β-amino-alcohol motifs (C(OH)–C–C–N with tert-alkyl or cyclic N) is 1. The zero-order valence-electron chi connectivity index (χ0n) is 13.9. The third-order valence-corrected chi connectivity index (χ3v) is 4.20. The minimum absolute atomic E-state index is 0.128. The van der Waals surface area contributed by atoms with Crippen LogP contribution in [0, 0.1) is 6.92 Å². The molecule has 0 unspecified atom stereocenters. The summed E-state index contributed by atoms with van der Waals surface area (Å²) in [5.41, 5.74) is 1.93. The second-order valence-corrected chi connectivity index (χ2v) is 5.90. The summed E-state index contributed by atoms with van der Waals surface area (Å²) < 4.78 is 1.81. The summed E-state index contributed by atoms with van der Waals surface area (Å²) in [6.45, 7) is 5.66. The number of anilines is 1. The molecule has 2 amide bonds. The van der Waals surface area contributed by atoms with Crippen molar-refractivity contribution in [3.63, 3.8) is 0 Å². The Labute approximate surface area is 141 Å². The smallest absolute Gasteiger partial charge is 0.323 e. The van der Waals surface area contributed by atoms with E-state index in [0.717, 1.165) is 24.5 Å². The fraction of sp³-hybridized carbons (Fsp3) is 0.412. The van der Waals surface area contributed by atoms with Crippen molar-refractivity contribution >= 4 is 11.8 Å². The van der Waals surface area contributed by atoms with Crippen molar-refractivity contribution in [2.75, 3.05) is 44.6 Å². The Morgan fingerprint density at radius 2 is 1.92 bits per heavy atom. The topological polar surface area (TPSA) is 73.6 Å². The Morgan fingerprint density at radius 1 is 1.21 bits per heavy atom. The van der Waals surface area contributed by atoms with Crippen LogP contribution in [0.25, 0.3) is 5.69 Å². The van der Waals surface area contributed by atoms with Crippen molar-refractivity contribution in [1.29, 1.82) is 0 Å². The molecule has 0 radical (unpaired) electrons. The first-order chi connectivity index (χ1) is 11.7. The first kappa shape index (κ1) is 16.5. The monoisotopic (exact) mass is 329 g/mol. The Hall–Kier alpha value is -2.38. The Kier molecular flexibility index (Phi) is 5.12. The van der Waals surface area contributed by atoms with Crippen molar-refractivity contribution in [2.45, 2.75) is 6.92 Å². The second kappa shape index (κ2) is 7.46. The van der Waals surface area contributed by atoms with Crippen LogP contribution in [0.2, 0.25) is 0 Å². The van der Waals surface area contributed by atoms with Gasteiger partial charge in [-0.1, -0.05) is 18.2 Å². The van der Waals surface area contributed by atoms with Gasteiger partial charge >= 0.3 is 6.03 Å². The van der Waals surface area contributed by atoms with Crippen molar-refractivity contribution in [3.05, 3.63) is 42.1 Å². The van der Waals surface area contributed by atoms with Crippen LogP contribution >= 0.6 is 0 Å². The molecule has 7 nitrogen and oxygen atoms in total. The van der Waals surface area contributed by atoms with E-state index in [2.05, 4.69) is 15.3 Å². The van der Waals surface area contributed by atoms with Crippen LogP contribution in [0.4, 0.5) is 10.6 Å². The molecule has 24 heavy (non-hydrogen) atoms. The number of aromatic nitrogens is 2. The first-order valence-corrected chi connectivity index (χ1v) is 8.18. The maximum atomic E-state index is 12.4. The number of aryl methyl sites for hydroxylation is 1. The van der Waals surface area contributed by atoms with Crippen LogP contribution < -0.4 is 5.32 Å². The zero-order valence-corrected chi connectivity index (χ0v) is 13.9. The molecule has 1 aromatic heterocycles. The predicted octanol–water partition coefficient (Wildman–Crippen LogP) is 1.32. The quantitative estimate of drug-likeness (QED) is 0.887. The lowest BCUT2D eigenvalue weighted by Crippen LogP contribution is -2.50. The van der Waals surface area contributed by atoms with E-state index < -0.39 is 0 Å². The lowest BCUT2D eigenvalue weighted by molar-refractivity contribution is 0.127. The number of amides is 2. The van der Waals surface area contributed by atoms with Gasteiger partial charge in [0.15, 0.2) is 5.82 Å². The Bertz CT molecular complexity index is 678. The van der Waals surface area contributed by atoms with E-state index in [1.807, 2.05) is 48.0 Å². The maximum Gasteiger partial charge on any atom is 0.323 e. The van der Waals surface area contributed by atoms with Crippen LogP contribution in [-0.2, 0) is 0 Å². The summed E-state index contributed by atoms with van der Waals surface area (Å²) >= 11 is 0. The molecule has 1 aliphatic heterocycles. The number of piperazine rings is 1. The maximum absolute atomic E-state index is 12.4. The molecule has 128 valence electrons. The van der Waals surface area contributed by atoms with Crippen molar-refractivity contribution < 1.29 is 9.90 Å². The fourth-order valence-electron chi connectivity index (χ4n) is 2.87. The largest absolute Gasteiger partial charge is 0.395 e. The van der Waals surface area contributed by atoms with Crippen LogP contribution in [0.1, 0.15) is 5.69 Å². The third-order valence-electron chi connectivity index (χ3n) is 4.20. The summed E-state index contributed by atoms with van der Waals surface area (Å²) in [4.78, 5) is 16.3. The van der Waals surface area contributed by atoms with E-state index in [4.69, 9.17) is 5.11 Å². The zero-order chi connectivity index (χ0) is 16.9. The molecular weight excluding hydrogens is 306 g/mol. The molecule has 1 saturated heterocycles. The number of nitrogens with zero attached hydrogens (tertiary/aromatic N) is 4. The van der Waals surface area contributed by atoms with Gasteiger partial charge in [-0.2, -0.15) is 0 Å². The minimum Gasteiger partial charge on any atom is -0.395 e. The number of carbonyl (C=O) groups excluding carboxylic acids is 1. The predicted molar refractivity (Wildman–Crippen MR) is 92.4 cm³/mol. The van der Waals surface area contributed by atoms with Gasteiger partial charge in [-0.25, -0.2) is 9.48 Å². The molecule has 1 fully saturated rings. The van der Waals surface area contributed by atoms with E-state index >= 15 is 0 Å². The molecular formula is C17H23N5O2. The average molecular weight is 329 g/mol. The van der Waals surface area contributed by atoms with Gasteiger partial charge in [0.2, 0.25) is 0 Å². The van der Waals surface area contributed by atoms with E-state index in [-0.39, 0.29) is 12.6 Å². The molecule has 2 N–H and O–H groups in total. The first-order valence-electron chi connectivity index (χ1n) is 8.18. The number of carbonyl (C=O) groups is 1. The number of nitrogens with one attached hydrogen (secondary N) is 1. The highest BCUT2D eigenvalue weighted by molar-refractivity contribution is 5.88. The van der Waals surface area contributed by atoms with Crippen LogP contribution in [0.5, 0.6) is 0 Å². The SMILES string of the molecule is Cc1cc(NC(=O)N2CCN(CCO)CC2)nn1-c1ccccc1. The highest BCUT2D eigenvalue weighted by Crippen LogP contribution is 2.15. The fourth-order valence-corrected chi connectivity index (χ4v) is 2.87. The minimum atomic E-state index is -0.128. The molecule has 2 aromatic rings. The number of aliphatic hydroxyl groups excluding tert-OH is 1. The van der Waals surface area contributed by atoms with E-state index in [1.165, 1.54) is 0 Å². The van der Waals surface area contributed by atoms with Crippen molar-refractivity contribution in [1.82, 2.24) is 19.6 Å². The van der Waals surface area contributed by atoms with Crippen LogP contribution in [0.3, 0.4) is 0 Å². The normalized spacial score (nSPS) is 15.5. The average Bonchev–Trinajstić information content (AvgIpc) is 2.97. The van der Waals surface area contributed by atoms with Crippen molar-refractivity contribution in [3.8, 4) is 5.69 Å². The number of hydrogen-bond donors (Lipinski definition) is 2. The summed E-state index contributed by atoms with van der Waals surface area (Å²) in [6, 6.07) is 11.6. The third kappa shape index (κ3) is 3.74. The van der Waals surface area contributed by atoms with E-state index in [1.54, 1.807) is 4.90 Å². The highest BCUT2D eigenvalue weighted by Gasteiger charge is 2.21. The number of benzene rings is 1. The molecule has 0 atom stereocenters. The van der Waals surface area contributed by atoms with Gasteiger partial charge in [-0.15, -0.1) is 5.10 Å². The highest BCUT2D eigenvalue weighted by atomic mass is 16.3. The standard InChI is InChI=1S/C17H23N5O2/c1-14-13-16(19-22(14)15-5-3-2-4-6-15)18-17(24)21-9-7-20(8-10-21)11-12-23/h2-6,13,23H,7-12H2,1H3,(H,18,19,24). The number of para-hydroxylation sites is 1. The van der Waals surface area contributed by atoms with Crippen molar-refractivity contribution in [2.24, 2.45) is 0 Å². The summed E-state index contributed by atoms with van der Waals surface area (Å²) in [5, 5.41) is 16.3. The number of hydrogen-bond acceptors (Lipinski definition) is 4. The van der Waals surface area contributed by atoms with E-state index in [9.17, 15) is 4.79 Å². The molecule has 1 aliphatic rings. The van der Waals surface area contributed by atoms with Gasteiger partial charge in [0, 0.05) is 44.5 Å². The Balaban J connectivity index is 1.62. The summed E-state index contributed by atoms with van der Waals surface area (Å²) in [7, 11) is 0. The molecule has 2 heterocycles. The second-order valence-electron chi connectivity index (χ2n) is 5.90. The van der Waals surface area contributed by atoms with E-state index in [0.29, 0.717) is 25.5 Å². The molecule has 0 aliphatic carbocycles. The molecule has 1 aromatic carbocycles. The molecule has 0 spiro atoms. The molecule has 0 saturated carbocycles. The van der Waals surface area contributed by atoms with Gasteiger partial charge < -0.3 is 10.0 Å². The number of aliphatic hydroxyl groups is 1. The van der Waals surface area contributed by atoms with Crippen LogP contribution in [0.15, 0.2) is 36.4 Å². The molecule has 7 heteroatoms. The number of rotatable bonds is 4. The Morgan fingerprint density at radius 3 is 2.58 bits per heavy atom. The van der Waals surface area contributed by atoms with Gasteiger partial charge in [0.25, 0.3) is 0 Å². The number of urea groups is 1. The molecule has 0 bridgehead atoms. The van der Waals surface area contributed by atoms with Gasteiger partial charge in [0.05, 0.1) is 12.3 Å². The molecule has 3 rings (SSSR count). The lowest BCUT2D eigenvalue weighted by Gasteiger charge is -2.34. The van der Waals surface area contributed by atoms with Gasteiger partial charge in [-0.3, -0.25) is 10.2 Å². The van der Waals surface area contributed by atoms with Gasteiger partial charge in [0.1, 0.15) is 0 Å². The summed E-state index contributed by atoms with van der Waals surface area (Å²) in [5.74, 6) is 0.555. The van der Waals surface area contributed by atoms with Crippen LogP contribution in [-0.4, -0.2) is 70.0 Å².